The highest BCUT2D eigenvalue weighted by atomic mass is 79.9. The normalized spacial score (nSPS) is 11.3. The summed E-state index contributed by atoms with van der Waals surface area (Å²) in [4.78, 5) is 4.58. The van der Waals surface area contributed by atoms with E-state index in [0.717, 1.165) is 40.8 Å². The van der Waals surface area contributed by atoms with Gasteiger partial charge in [-0.05, 0) is 30.7 Å². The lowest BCUT2D eigenvalue weighted by Gasteiger charge is -2.08. The average Bonchev–Trinajstić information content (AvgIpc) is 3.07. The van der Waals surface area contributed by atoms with E-state index in [1.54, 1.807) is 6.20 Å². The molecule has 0 fully saturated rings. The molecule has 0 radical (unpaired) electrons. The van der Waals surface area contributed by atoms with Gasteiger partial charge in [0.1, 0.15) is 5.82 Å². The van der Waals surface area contributed by atoms with Crippen molar-refractivity contribution in [1.82, 2.24) is 19.3 Å². The third kappa shape index (κ3) is 2.74. The van der Waals surface area contributed by atoms with Crippen LogP contribution in [0.3, 0.4) is 0 Å². The summed E-state index contributed by atoms with van der Waals surface area (Å²) >= 11 is 9.52. The second-order valence-corrected chi connectivity index (χ2v) is 5.75. The van der Waals surface area contributed by atoms with E-state index >= 15 is 0 Å². The monoisotopic (exact) mass is 352 g/mol. The number of aryl methyl sites for hydroxylation is 2. The van der Waals surface area contributed by atoms with Crippen molar-refractivity contribution in [3.8, 4) is 0 Å². The number of alkyl halides is 1. The Morgan fingerprint density at radius 2 is 2.15 bits per heavy atom. The standard InChI is InChI=1S/C14H14BrClN4/c15-11-3-4-12-13(9-11)20(14(10-16)18-12)8-2-7-19-6-1-5-17-19/h1,3-6,9H,2,7-8,10H2. The largest absolute Gasteiger partial charge is 0.327 e. The molecule has 0 saturated heterocycles. The SMILES string of the molecule is ClCc1nc2ccc(Br)cc2n1CCCn1cccn1. The smallest absolute Gasteiger partial charge is 0.124 e. The molecule has 0 N–H and O–H groups in total. The summed E-state index contributed by atoms with van der Waals surface area (Å²) in [7, 11) is 0. The van der Waals surface area contributed by atoms with Gasteiger partial charge in [0.2, 0.25) is 0 Å². The molecule has 3 aromatic rings. The summed E-state index contributed by atoms with van der Waals surface area (Å²) in [6, 6.07) is 8.04. The predicted molar refractivity (Wildman–Crippen MR) is 83.8 cm³/mol. The molecule has 20 heavy (non-hydrogen) atoms. The molecule has 0 aliphatic heterocycles. The lowest BCUT2D eigenvalue weighted by atomic mass is 10.3. The Hall–Kier alpha value is -1.33. The molecule has 0 saturated carbocycles. The van der Waals surface area contributed by atoms with Crippen molar-refractivity contribution in [2.75, 3.05) is 0 Å². The number of imidazole rings is 1. The molecule has 4 nitrogen and oxygen atoms in total. The molecule has 3 rings (SSSR count). The highest BCUT2D eigenvalue weighted by Gasteiger charge is 2.10. The first-order valence-electron chi connectivity index (χ1n) is 6.46. The fourth-order valence-corrected chi connectivity index (χ4v) is 2.87. The van der Waals surface area contributed by atoms with E-state index in [0.29, 0.717) is 5.88 Å². The minimum absolute atomic E-state index is 0.425. The van der Waals surface area contributed by atoms with E-state index in [-0.39, 0.29) is 0 Å². The van der Waals surface area contributed by atoms with Crippen LogP contribution in [0, 0.1) is 0 Å². The molecule has 0 atom stereocenters. The first-order chi connectivity index (χ1) is 9.78. The molecule has 0 aliphatic rings. The molecule has 0 unspecified atom stereocenters. The lowest BCUT2D eigenvalue weighted by molar-refractivity contribution is 0.526. The fourth-order valence-electron chi connectivity index (χ4n) is 2.32. The second kappa shape index (κ2) is 5.97. The van der Waals surface area contributed by atoms with Crippen molar-refractivity contribution in [2.24, 2.45) is 0 Å². The van der Waals surface area contributed by atoms with E-state index in [2.05, 4.69) is 36.6 Å². The Labute approximate surface area is 130 Å². The van der Waals surface area contributed by atoms with Crippen LogP contribution in [0.4, 0.5) is 0 Å². The summed E-state index contributed by atoms with van der Waals surface area (Å²) in [5.74, 6) is 1.34. The third-order valence-corrected chi connectivity index (χ3v) is 3.97. The molecule has 0 aliphatic carbocycles. The van der Waals surface area contributed by atoms with Gasteiger partial charge in [0.15, 0.2) is 0 Å². The maximum atomic E-state index is 6.01. The molecule has 0 bridgehead atoms. The van der Waals surface area contributed by atoms with Gasteiger partial charge >= 0.3 is 0 Å². The quantitative estimate of drug-likeness (QED) is 0.654. The van der Waals surface area contributed by atoms with Crippen LogP contribution in [0.1, 0.15) is 12.2 Å². The van der Waals surface area contributed by atoms with Gasteiger partial charge in [0.05, 0.1) is 16.9 Å². The molecule has 1 aromatic carbocycles. The van der Waals surface area contributed by atoms with Crippen molar-refractivity contribution in [3.63, 3.8) is 0 Å². The summed E-state index contributed by atoms with van der Waals surface area (Å²) < 4.78 is 5.19. The van der Waals surface area contributed by atoms with Gasteiger partial charge in [0.25, 0.3) is 0 Å². The number of hydrogen-bond donors (Lipinski definition) is 0. The van der Waals surface area contributed by atoms with Crippen LogP contribution < -0.4 is 0 Å². The summed E-state index contributed by atoms with van der Waals surface area (Å²) in [5.41, 5.74) is 2.11. The maximum absolute atomic E-state index is 6.01. The van der Waals surface area contributed by atoms with Crippen molar-refractivity contribution in [3.05, 3.63) is 47.0 Å². The number of hydrogen-bond acceptors (Lipinski definition) is 2. The van der Waals surface area contributed by atoms with E-state index < -0.39 is 0 Å². The van der Waals surface area contributed by atoms with Crippen molar-refractivity contribution < 1.29 is 0 Å². The lowest BCUT2D eigenvalue weighted by Crippen LogP contribution is -2.06. The first-order valence-corrected chi connectivity index (χ1v) is 7.79. The number of fused-ring (bicyclic) bond motifs is 1. The van der Waals surface area contributed by atoms with E-state index in [9.17, 15) is 0 Å². The molecule has 0 spiro atoms. The second-order valence-electron chi connectivity index (χ2n) is 4.57. The van der Waals surface area contributed by atoms with Crippen LogP contribution in [-0.2, 0) is 19.0 Å². The highest BCUT2D eigenvalue weighted by molar-refractivity contribution is 9.10. The van der Waals surface area contributed by atoms with Gasteiger partial charge in [-0.2, -0.15) is 5.10 Å². The number of nitrogens with zero attached hydrogens (tertiary/aromatic N) is 4. The van der Waals surface area contributed by atoms with E-state index in [1.807, 2.05) is 29.1 Å². The van der Waals surface area contributed by atoms with E-state index in [1.165, 1.54) is 0 Å². The Morgan fingerprint density at radius 3 is 2.90 bits per heavy atom. The van der Waals surface area contributed by atoms with Gasteiger partial charge in [-0.1, -0.05) is 15.9 Å². The molecule has 104 valence electrons. The number of rotatable bonds is 5. The third-order valence-electron chi connectivity index (χ3n) is 3.24. The zero-order valence-electron chi connectivity index (χ0n) is 10.8. The van der Waals surface area contributed by atoms with Crippen LogP contribution in [0.5, 0.6) is 0 Å². The van der Waals surface area contributed by atoms with Crippen LogP contribution in [0.15, 0.2) is 41.1 Å². The summed E-state index contributed by atoms with van der Waals surface area (Å²) in [6.45, 7) is 1.78. The Balaban J connectivity index is 1.83. The zero-order chi connectivity index (χ0) is 13.9. The van der Waals surface area contributed by atoms with Gasteiger partial charge in [-0.15, -0.1) is 11.6 Å². The first kappa shape index (κ1) is 13.6. The Bertz CT molecular complexity index is 705. The minimum Gasteiger partial charge on any atom is -0.327 e. The topological polar surface area (TPSA) is 35.6 Å². The van der Waals surface area contributed by atoms with Crippen LogP contribution in [-0.4, -0.2) is 19.3 Å². The van der Waals surface area contributed by atoms with Gasteiger partial charge < -0.3 is 4.57 Å². The Morgan fingerprint density at radius 1 is 1.25 bits per heavy atom. The number of halogens is 2. The summed E-state index contributed by atoms with van der Waals surface area (Å²) in [6.07, 6.45) is 4.77. The molecule has 6 heteroatoms. The predicted octanol–water partition coefficient (Wildman–Crippen LogP) is 3.82. The van der Waals surface area contributed by atoms with Crippen molar-refractivity contribution >= 4 is 38.6 Å². The molecular formula is C14H14BrClN4. The van der Waals surface area contributed by atoms with Crippen molar-refractivity contribution in [2.45, 2.75) is 25.4 Å². The fraction of sp³-hybridized carbons (Fsp3) is 0.286. The van der Waals surface area contributed by atoms with Gasteiger partial charge in [-0.3, -0.25) is 4.68 Å². The van der Waals surface area contributed by atoms with Crippen LogP contribution >= 0.6 is 27.5 Å². The minimum atomic E-state index is 0.425. The summed E-state index contributed by atoms with van der Waals surface area (Å²) in [5, 5.41) is 4.21. The van der Waals surface area contributed by atoms with Crippen LogP contribution in [0.2, 0.25) is 0 Å². The van der Waals surface area contributed by atoms with Gasteiger partial charge in [-0.25, -0.2) is 4.98 Å². The van der Waals surface area contributed by atoms with Crippen molar-refractivity contribution in [1.29, 1.82) is 0 Å². The van der Waals surface area contributed by atoms with Gasteiger partial charge in [0, 0.05) is 30.0 Å². The molecule has 2 heterocycles. The number of aromatic nitrogens is 4. The van der Waals surface area contributed by atoms with E-state index in [4.69, 9.17) is 11.6 Å². The number of benzene rings is 1. The average molecular weight is 354 g/mol. The van der Waals surface area contributed by atoms with Crippen LogP contribution in [0.25, 0.3) is 11.0 Å². The highest BCUT2D eigenvalue weighted by Crippen LogP contribution is 2.22. The maximum Gasteiger partial charge on any atom is 0.124 e. The molecular weight excluding hydrogens is 340 g/mol. The zero-order valence-corrected chi connectivity index (χ0v) is 13.2. The Kier molecular flexibility index (Phi) is 4.08. The molecule has 2 aromatic heterocycles. The molecule has 0 amide bonds.